The fraction of sp³-hybridized carbons (Fsp3) is 0.364. The van der Waals surface area contributed by atoms with Crippen LogP contribution in [-0.4, -0.2) is 19.4 Å². The lowest BCUT2D eigenvalue weighted by atomic mass is 10.2. The summed E-state index contributed by atoms with van der Waals surface area (Å²) in [5.41, 5.74) is 0.788. The van der Waals surface area contributed by atoms with Gasteiger partial charge in [0.1, 0.15) is 6.61 Å². The van der Waals surface area contributed by atoms with Gasteiger partial charge in [0.25, 0.3) is 0 Å². The number of hydrogen-bond donors (Lipinski definition) is 0. The van der Waals surface area contributed by atoms with Gasteiger partial charge in [0.05, 0.1) is 13.1 Å². The van der Waals surface area contributed by atoms with Crippen LogP contribution in [0.15, 0.2) is 18.2 Å². The lowest BCUT2D eigenvalue weighted by Gasteiger charge is -2.04. The molecular formula is C11H11FO4. The molecule has 0 atom stereocenters. The van der Waals surface area contributed by atoms with Crippen molar-refractivity contribution in [1.82, 2.24) is 0 Å². The van der Waals surface area contributed by atoms with Gasteiger partial charge < -0.3 is 14.2 Å². The standard InChI is InChI=1S/C11H11FO4/c12-4-3-11(13)14-6-8-1-2-9-10(5-8)16-7-15-9/h1-2,5H,3-4,6-7H2. The summed E-state index contributed by atoms with van der Waals surface area (Å²) in [7, 11) is 0. The molecule has 1 aliphatic rings. The smallest absolute Gasteiger partial charge is 0.308 e. The van der Waals surface area contributed by atoms with Gasteiger partial charge >= 0.3 is 5.97 Å². The van der Waals surface area contributed by atoms with Crippen LogP contribution >= 0.6 is 0 Å². The number of carbonyl (C=O) groups is 1. The topological polar surface area (TPSA) is 44.8 Å². The molecule has 1 aliphatic heterocycles. The Balaban J connectivity index is 1.93. The highest BCUT2D eigenvalue weighted by atomic mass is 19.1. The molecule has 0 aromatic heterocycles. The molecule has 16 heavy (non-hydrogen) atoms. The van der Waals surface area contributed by atoms with E-state index in [9.17, 15) is 9.18 Å². The Morgan fingerprint density at radius 2 is 2.19 bits per heavy atom. The second-order valence-corrected chi connectivity index (χ2v) is 3.29. The summed E-state index contributed by atoms with van der Waals surface area (Å²) in [5, 5.41) is 0. The van der Waals surface area contributed by atoms with Crippen molar-refractivity contribution in [3.8, 4) is 11.5 Å². The predicted molar refractivity (Wildman–Crippen MR) is 53.0 cm³/mol. The molecule has 1 heterocycles. The van der Waals surface area contributed by atoms with Crippen LogP contribution in [0.4, 0.5) is 4.39 Å². The van der Waals surface area contributed by atoms with E-state index in [0.29, 0.717) is 11.5 Å². The van der Waals surface area contributed by atoms with Crippen LogP contribution in [0.5, 0.6) is 11.5 Å². The maximum atomic E-state index is 11.8. The largest absolute Gasteiger partial charge is 0.461 e. The molecule has 0 N–H and O–H groups in total. The highest BCUT2D eigenvalue weighted by Gasteiger charge is 2.13. The van der Waals surface area contributed by atoms with Crippen molar-refractivity contribution in [2.24, 2.45) is 0 Å². The zero-order valence-electron chi connectivity index (χ0n) is 8.57. The minimum absolute atomic E-state index is 0.121. The molecule has 1 aromatic carbocycles. The number of fused-ring (bicyclic) bond motifs is 1. The van der Waals surface area contributed by atoms with Crippen LogP contribution in [0, 0.1) is 0 Å². The lowest BCUT2D eigenvalue weighted by molar-refractivity contribution is -0.145. The van der Waals surface area contributed by atoms with Gasteiger partial charge in [-0.25, -0.2) is 0 Å². The number of esters is 1. The van der Waals surface area contributed by atoms with E-state index in [4.69, 9.17) is 14.2 Å². The molecule has 0 aliphatic carbocycles. The predicted octanol–water partition coefficient (Wildman–Crippen LogP) is 1.82. The monoisotopic (exact) mass is 226 g/mol. The number of carbonyl (C=O) groups excluding carboxylic acids is 1. The van der Waals surface area contributed by atoms with Gasteiger partial charge in [-0.05, 0) is 17.7 Å². The summed E-state index contributed by atoms with van der Waals surface area (Å²) >= 11 is 0. The zero-order valence-corrected chi connectivity index (χ0v) is 8.57. The molecule has 4 nitrogen and oxygen atoms in total. The number of hydrogen-bond acceptors (Lipinski definition) is 4. The van der Waals surface area contributed by atoms with Crippen molar-refractivity contribution in [1.29, 1.82) is 0 Å². The van der Waals surface area contributed by atoms with Crippen LogP contribution < -0.4 is 9.47 Å². The molecule has 0 saturated heterocycles. The zero-order chi connectivity index (χ0) is 11.4. The van der Waals surface area contributed by atoms with Crippen molar-refractivity contribution in [3.63, 3.8) is 0 Å². The summed E-state index contributed by atoms with van der Waals surface area (Å²) in [4.78, 5) is 10.9. The Morgan fingerprint density at radius 1 is 1.38 bits per heavy atom. The summed E-state index contributed by atoms with van der Waals surface area (Å²) in [5.74, 6) is 0.776. The van der Waals surface area contributed by atoms with E-state index in [-0.39, 0.29) is 19.8 Å². The normalized spacial score (nSPS) is 12.6. The molecule has 0 unspecified atom stereocenters. The molecule has 5 heteroatoms. The number of ether oxygens (including phenoxy) is 3. The van der Waals surface area contributed by atoms with Crippen LogP contribution in [0.25, 0.3) is 0 Å². The van der Waals surface area contributed by atoms with Crippen molar-refractivity contribution in [3.05, 3.63) is 23.8 Å². The first-order valence-electron chi connectivity index (χ1n) is 4.89. The molecule has 1 aromatic rings. The fourth-order valence-corrected chi connectivity index (χ4v) is 1.34. The second kappa shape index (κ2) is 4.83. The summed E-state index contributed by atoms with van der Waals surface area (Å²) in [6.45, 7) is -0.365. The van der Waals surface area contributed by atoms with Gasteiger partial charge in [0.15, 0.2) is 11.5 Å². The number of benzene rings is 1. The van der Waals surface area contributed by atoms with E-state index < -0.39 is 12.6 Å². The Labute approximate surface area is 91.9 Å². The third-order valence-electron chi connectivity index (χ3n) is 2.14. The summed E-state index contributed by atoms with van der Waals surface area (Å²) in [6.07, 6.45) is -0.204. The fourth-order valence-electron chi connectivity index (χ4n) is 1.34. The van der Waals surface area contributed by atoms with E-state index in [1.165, 1.54) is 0 Å². The van der Waals surface area contributed by atoms with Crippen LogP contribution in [0.1, 0.15) is 12.0 Å². The third-order valence-corrected chi connectivity index (χ3v) is 2.14. The number of rotatable bonds is 4. The average Bonchev–Trinajstić information content (AvgIpc) is 2.74. The quantitative estimate of drug-likeness (QED) is 0.734. The molecule has 0 spiro atoms. The van der Waals surface area contributed by atoms with Crippen molar-refractivity contribution in [2.75, 3.05) is 13.5 Å². The summed E-state index contributed by atoms with van der Waals surface area (Å²) < 4.78 is 27.0. The minimum atomic E-state index is -0.694. The molecule has 2 rings (SSSR count). The maximum absolute atomic E-state index is 11.8. The highest BCUT2D eigenvalue weighted by molar-refractivity contribution is 5.69. The number of halogens is 1. The van der Waals surface area contributed by atoms with E-state index >= 15 is 0 Å². The van der Waals surface area contributed by atoms with Gasteiger partial charge in [0, 0.05) is 0 Å². The van der Waals surface area contributed by atoms with Gasteiger partial charge in [-0.2, -0.15) is 0 Å². The highest BCUT2D eigenvalue weighted by Crippen LogP contribution is 2.32. The van der Waals surface area contributed by atoms with Gasteiger partial charge in [-0.15, -0.1) is 0 Å². The SMILES string of the molecule is O=C(CCF)OCc1ccc2c(c1)OCO2. The first-order chi connectivity index (χ1) is 7.79. The van der Waals surface area contributed by atoms with Crippen LogP contribution in [0.2, 0.25) is 0 Å². The van der Waals surface area contributed by atoms with Crippen molar-refractivity contribution < 1.29 is 23.4 Å². The van der Waals surface area contributed by atoms with E-state index in [1.807, 2.05) is 0 Å². The molecule has 0 fully saturated rings. The molecule has 86 valence electrons. The first kappa shape index (κ1) is 10.7. The molecule has 0 amide bonds. The lowest BCUT2D eigenvalue weighted by Crippen LogP contribution is -2.04. The van der Waals surface area contributed by atoms with Crippen LogP contribution in [-0.2, 0) is 16.1 Å². The van der Waals surface area contributed by atoms with Gasteiger partial charge in [0.2, 0.25) is 6.79 Å². The summed E-state index contributed by atoms with van der Waals surface area (Å²) in [6, 6.07) is 5.27. The Morgan fingerprint density at radius 3 is 3.00 bits per heavy atom. The maximum Gasteiger partial charge on any atom is 0.308 e. The molecule has 0 bridgehead atoms. The Hall–Kier alpha value is -1.78. The third kappa shape index (κ3) is 2.42. The van der Waals surface area contributed by atoms with E-state index in [2.05, 4.69) is 0 Å². The Bertz CT molecular complexity index is 392. The minimum Gasteiger partial charge on any atom is -0.461 e. The first-order valence-corrected chi connectivity index (χ1v) is 4.89. The van der Waals surface area contributed by atoms with Gasteiger partial charge in [-0.1, -0.05) is 6.07 Å². The number of alkyl halides is 1. The van der Waals surface area contributed by atoms with E-state index in [0.717, 1.165) is 5.56 Å². The van der Waals surface area contributed by atoms with Gasteiger partial charge in [-0.3, -0.25) is 9.18 Å². The van der Waals surface area contributed by atoms with Crippen molar-refractivity contribution in [2.45, 2.75) is 13.0 Å². The average molecular weight is 226 g/mol. The van der Waals surface area contributed by atoms with Crippen molar-refractivity contribution >= 4 is 5.97 Å². The van der Waals surface area contributed by atoms with E-state index in [1.54, 1.807) is 18.2 Å². The van der Waals surface area contributed by atoms with Crippen LogP contribution in [0.3, 0.4) is 0 Å². The molecule has 0 saturated carbocycles. The Kier molecular flexibility index (Phi) is 3.24. The molecular weight excluding hydrogens is 215 g/mol. The second-order valence-electron chi connectivity index (χ2n) is 3.29. The molecule has 0 radical (unpaired) electrons.